The summed E-state index contributed by atoms with van der Waals surface area (Å²) >= 11 is 2.32. The highest BCUT2D eigenvalue weighted by Gasteiger charge is 2.18. The first-order valence-corrected chi connectivity index (χ1v) is 6.62. The first-order valence-electron chi connectivity index (χ1n) is 5.09. The molecule has 1 aromatic rings. The van der Waals surface area contributed by atoms with Gasteiger partial charge < -0.3 is 5.11 Å². The zero-order valence-corrected chi connectivity index (χ0v) is 10.7. The average molecular weight is 318 g/mol. The van der Waals surface area contributed by atoms with Crippen molar-refractivity contribution >= 4 is 28.6 Å². The van der Waals surface area contributed by atoms with Crippen molar-refractivity contribution < 1.29 is 9.90 Å². The maximum absolute atomic E-state index is 11.1. The molecule has 0 radical (unpaired) electrons. The molecule has 0 heterocycles. The summed E-state index contributed by atoms with van der Waals surface area (Å²) in [4.78, 5) is 11.1. The van der Waals surface area contributed by atoms with Crippen LogP contribution in [0, 0.1) is 0 Å². The highest BCUT2D eigenvalue weighted by atomic mass is 127. The van der Waals surface area contributed by atoms with Crippen molar-refractivity contribution in [3.63, 3.8) is 0 Å². The van der Waals surface area contributed by atoms with E-state index < -0.39 is 5.97 Å². The zero-order chi connectivity index (χ0) is 11.1. The van der Waals surface area contributed by atoms with Gasteiger partial charge in [-0.05, 0) is 22.8 Å². The lowest BCUT2D eigenvalue weighted by molar-refractivity contribution is -0.139. The molecule has 3 heteroatoms. The van der Waals surface area contributed by atoms with Gasteiger partial charge >= 0.3 is 5.97 Å². The lowest BCUT2D eigenvalue weighted by atomic mass is 9.94. The van der Waals surface area contributed by atoms with Crippen molar-refractivity contribution in [3.05, 3.63) is 35.9 Å². The first-order chi connectivity index (χ1) is 7.25. The predicted octanol–water partition coefficient (Wildman–Crippen LogP) is 3.46. The van der Waals surface area contributed by atoms with E-state index in [1.54, 1.807) is 0 Å². The second-order valence-corrected chi connectivity index (χ2v) is 4.57. The van der Waals surface area contributed by atoms with Crippen LogP contribution in [0.4, 0.5) is 0 Å². The number of aliphatic carboxylic acids is 1. The Morgan fingerprint density at radius 2 is 1.93 bits per heavy atom. The number of hydrogen-bond acceptors (Lipinski definition) is 1. The third kappa shape index (κ3) is 4.20. The number of alkyl halides is 1. The molecule has 0 saturated heterocycles. The van der Waals surface area contributed by atoms with Crippen LogP contribution < -0.4 is 0 Å². The van der Waals surface area contributed by atoms with Crippen LogP contribution in [0.1, 0.15) is 30.7 Å². The Bertz CT molecular complexity index is 298. The quantitative estimate of drug-likeness (QED) is 0.495. The summed E-state index contributed by atoms with van der Waals surface area (Å²) in [5, 5.41) is 9.12. The standard InChI is InChI=1S/C12H15IO2/c13-9-5-4-8-11(12(14)15)10-6-2-1-3-7-10/h1-3,6-7,11H,4-5,8-9H2,(H,14,15). The number of carboxylic acids is 1. The van der Waals surface area contributed by atoms with E-state index in [0.29, 0.717) is 0 Å². The molecule has 0 aromatic heterocycles. The molecule has 0 aliphatic heterocycles. The van der Waals surface area contributed by atoms with Gasteiger partial charge in [0.1, 0.15) is 0 Å². The van der Waals surface area contributed by atoms with Crippen LogP contribution in [0.15, 0.2) is 30.3 Å². The van der Waals surface area contributed by atoms with E-state index in [0.717, 1.165) is 29.3 Å². The molecular weight excluding hydrogens is 303 g/mol. The van der Waals surface area contributed by atoms with Crippen LogP contribution in [0.3, 0.4) is 0 Å². The highest BCUT2D eigenvalue weighted by Crippen LogP contribution is 2.22. The van der Waals surface area contributed by atoms with Crippen LogP contribution in [0.25, 0.3) is 0 Å². The largest absolute Gasteiger partial charge is 0.481 e. The van der Waals surface area contributed by atoms with Gasteiger partial charge in [-0.15, -0.1) is 0 Å². The molecule has 1 atom stereocenters. The molecule has 0 aliphatic carbocycles. The number of unbranched alkanes of at least 4 members (excludes halogenated alkanes) is 1. The fourth-order valence-corrected chi connectivity index (χ4v) is 2.10. The molecule has 0 spiro atoms. The van der Waals surface area contributed by atoms with Gasteiger partial charge in [-0.2, -0.15) is 0 Å². The Kier molecular flexibility index (Phi) is 5.68. The summed E-state index contributed by atoms with van der Waals surface area (Å²) < 4.78 is 1.10. The third-order valence-electron chi connectivity index (χ3n) is 2.38. The van der Waals surface area contributed by atoms with E-state index in [1.807, 2.05) is 30.3 Å². The van der Waals surface area contributed by atoms with Crippen LogP contribution in [0.5, 0.6) is 0 Å². The van der Waals surface area contributed by atoms with Gasteiger partial charge in [0.25, 0.3) is 0 Å². The van der Waals surface area contributed by atoms with Gasteiger partial charge in [0, 0.05) is 0 Å². The maximum atomic E-state index is 11.1. The molecule has 0 amide bonds. The monoisotopic (exact) mass is 318 g/mol. The van der Waals surface area contributed by atoms with Gasteiger partial charge in [0.05, 0.1) is 5.92 Å². The van der Waals surface area contributed by atoms with Crippen LogP contribution in [-0.4, -0.2) is 15.5 Å². The Morgan fingerprint density at radius 3 is 2.47 bits per heavy atom. The third-order valence-corrected chi connectivity index (χ3v) is 3.14. The summed E-state index contributed by atoms with van der Waals surface area (Å²) in [6, 6.07) is 9.48. The van der Waals surface area contributed by atoms with Crippen molar-refractivity contribution in [2.75, 3.05) is 4.43 Å². The number of benzene rings is 1. The summed E-state index contributed by atoms with van der Waals surface area (Å²) in [5.74, 6) is -1.05. The molecule has 0 aliphatic rings. The van der Waals surface area contributed by atoms with Crippen LogP contribution in [-0.2, 0) is 4.79 Å². The summed E-state index contributed by atoms with van der Waals surface area (Å²) in [6.07, 6.45) is 2.81. The number of carboxylic acid groups (broad SMARTS) is 1. The second-order valence-electron chi connectivity index (χ2n) is 3.49. The molecule has 0 bridgehead atoms. The van der Waals surface area contributed by atoms with Gasteiger partial charge in [-0.3, -0.25) is 4.79 Å². The highest BCUT2D eigenvalue weighted by molar-refractivity contribution is 14.1. The van der Waals surface area contributed by atoms with Gasteiger partial charge in [0.2, 0.25) is 0 Å². The molecule has 15 heavy (non-hydrogen) atoms. The van der Waals surface area contributed by atoms with E-state index in [2.05, 4.69) is 22.6 Å². The lowest BCUT2D eigenvalue weighted by Gasteiger charge is -2.11. The topological polar surface area (TPSA) is 37.3 Å². The van der Waals surface area contributed by atoms with E-state index >= 15 is 0 Å². The summed E-state index contributed by atoms with van der Waals surface area (Å²) in [5.41, 5.74) is 0.915. The zero-order valence-electron chi connectivity index (χ0n) is 8.53. The van der Waals surface area contributed by atoms with Crippen molar-refractivity contribution in [3.8, 4) is 0 Å². The molecular formula is C12H15IO2. The van der Waals surface area contributed by atoms with Crippen molar-refractivity contribution in [1.29, 1.82) is 0 Å². The molecule has 1 rings (SSSR count). The van der Waals surface area contributed by atoms with Crippen LogP contribution >= 0.6 is 22.6 Å². The van der Waals surface area contributed by atoms with E-state index in [1.165, 1.54) is 0 Å². The molecule has 1 N–H and O–H groups in total. The minimum Gasteiger partial charge on any atom is -0.481 e. The van der Waals surface area contributed by atoms with Gasteiger partial charge in [-0.25, -0.2) is 0 Å². The summed E-state index contributed by atoms with van der Waals surface area (Å²) in [6.45, 7) is 0. The minimum absolute atomic E-state index is 0.339. The van der Waals surface area contributed by atoms with Crippen LogP contribution in [0.2, 0.25) is 0 Å². The second kappa shape index (κ2) is 6.82. The normalized spacial score (nSPS) is 12.3. The first kappa shape index (κ1) is 12.5. The number of halogens is 1. The Hall–Kier alpha value is -0.580. The van der Waals surface area contributed by atoms with Crippen molar-refractivity contribution in [2.24, 2.45) is 0 Å². The van der Waals surface area contributed by atoms with E-state index in [-0.39, 0.29) is 5.92 Å². The molecule has 0 saturated carbocycles. The smallest absolute Gasteiger partial charge is 0.310 e. The van der Waals surface area contributed by atoms with Gasteiger partial charge in [0.15, 0.2) is 0 Å². The fraction of sp³-hybridized carbons (Fsp3) is 0.417. The predicted molar refractivity (Wildman–Crippen MR) is 69.6 cm³/mol. The lowest BCUT2D eigenvalue weighted by Crippen LogP contribution is -2.11. The molecule has 2 nitrogen and oxygen atoms in total. The number of rotatable bonds is 6. The number of carbonyl (C=O) groups is 1. The number of hydrogen-bond donors (Lipinski definition) is 1. The van der Waals surface area contributed by atoms with E-state index in [9.17, 15) is 4.79 Å². The average Bonchev–Trinajstić information content (AvgIpc) is 2.25. The maximum Gasteiger partial charge on any atom is 0.310 e. The molecule has 0 fully saturated rings. The van der Waals surface area contributed by atoms with E-state index in [4.69, 9.17) is 5.11 Å². The van der Waals surface area contributed by atoms with Crippen molar-refractivity contribution in [1.82, 2.24) is 0 Å². The Morgan fingerprint density at radius 1 is 1.27 bits per heavy atom. The van der Waals surface area contributed by atoms with Gasteiger partial charge in [-0.1, -0.05) is 59.3 Å². The Labute approximate surface area is 104 Å². The molecule has 1 unspecified atom stereocenters. The summed E-state index contributed by atoms with van der Waals surface area (Å²) in [7, 11) is 0. The fourth-order valence-electron chi connectivity index (χ4n) is 1.56. The SMILES string of the molecule is O=C(O)C(CCCCI)c1ccccc1. The Balaban J connectivity index is 2.62. The minimum atomic E-state index is -0.713. The molecule has 82 valence electrons. The van der Waals surface area contributed by atoms with Crippen molar-refractivity contribution in [2.45, 2.75) is 25.2 Å². The molecule has 1 aromatic carbocycles.